The molecule has 0 aromatic carbocycles. The summed E-state index contributed by atoms with van der Waals surface area (Å²) in [7, 11) is -3.47. The van der Waals surface area contributed by atoms with Gasteiger partial charge in [0.05, 0.1) is 11.5 Å². The molecule has 1 heterocycles. The lowest BCUT2D eigenvalue weighted by molar-refractivity contribution is 0.128. The topological polar surface area (TPSA) is 97.2 Å². The Labute approximate surface area is 114 Å². The van der Waals surface area contributed by atoms with Gasteiger partial charge in [-0.2, -0.15) is 0 Å². The van der Waals surface area contributed by atoms with Crippen molar-refractivity contribution in [1.29, 1.82) is 0 Å². The highest BCUT2D eigenvalue weighted by Crippen LogP contribution is 2.09. The zero-order chi connectivity index (χ0) is 14.3. The quantitative estimate of drug-likeness (QED) is 0.586. The summed E-state index contributed by atoms with van der Waals surface area (Å²) in [5.41, 5.74) is 6.11. The van der Waals surface area contributed by atoms with Crippen molar-refractivity contribution in [1.82, 2.24) is 9.71 Å². The summed E-state index contributed by atoms with van der Waals surface area (Å²) in [4.78, 5) is 3.01. The summed E-state index contributed by atoms with van der Waals surface area (Å²) in [6.07, 6.45) is 2.41. The largest absolute Gasteiger partial charge is 0.380 e. The Morgan fingerprint density at radius 2 is 2.16 bits per heavy atom. The van der Waals surface area contributed by atoms with E-state index in [0.29, 0.717) is 24.8 Å². The molecule has 0 saturated heterocycles. The van der Waals surface area contributed by atoms with Crippen LogP contribution < -0.4 is 10.5 Å². The molecule has 1 rings (SSSR count). The number of hydrogen-bond acceptors (Lipinski definition) is 4. The highest BCUT2D eigenvalue weighted by atomic mass is 32.2. The Bertz CT molecular complexity index is 468. The molecule has 0 aliphatic heterocycles. The minimum atomic E-state index is -3.47. The van der Waals surface area contributed by atoms with Crippen molar-refractivity contribution in [3.05, 3.63) is 18.0 Å². The second-order valence-electron chi connectivity index (χ2n) is 4.76. The van der Waals surface area contributed by atoms with Gasteiger partial charge in [-0.25, -0.2) is 13.1 Å². The molecule has 4 N–H and O–H groups in total. The van der Waals surface area contributed by atoms with E-state index in [1.807, 2.05) is 0 Å². The molecule has 0 saturated carbocycles. The molecule has 0 atom stereocenters. The van der Waals surface area contributed by atoms with Gasteiger partial charge in [0.25, 0.3) is 0 Å². The smallest absolute Gasteiger partial charge is 0.242 e. The molecule has 1 aromatic rings. The maximum atomic E-state index is 11.9. The van der Waals surface area contributed by atoms with E-state index in [1.165, 1.54) is 12.3 Å². The zero-order valence-electron chi connectivity index (χ0n) is 11.5. The SMILES string of the molecule is CC(C)CCOCCNS(=O)(=O)c1c[nH]c(CN)c1. The number of hydrogen-bond donors (Lipinski definition) is 3. The van der Waals surface area contributed by atoms with Crippen molar-refractivity contribution in [2.24, 2.45) is 11.7 Å². The van der Waals surface area contributed by atoms with Crippen molar-refractivity contribution in [3.8, 4) is 0 Å². The molecule has 0 aliphatic rings. The third-order valence-corrected chi connectivity index (χ3v) is 4.07. The van der Waals surface area contributed by atoms with E-state index in [1.54, 1.807) is 0 Å². The van der Waals surface area contributed by atoms with Gasteiger partial charge < -0.3 is 15.5 Å². The highest BCUT2D eigenvalue weighted by Gasteiger charge is 2.14. The van der Waals surface area contributed by atoms with Crippen LogP contribution in [0.5, 0.6) is 0 Å². The van der Waals surface area contributed by atoms with Crippen LogP contribution in [0, 0.1) is 5.92 Å². The minimum Gasteiger partial charge on any atom is -0.380 e. The number of rotatable bonds is 9. The lowest BCUT2D eigenvalue weighted by Crippen LogP contribution is -2.27. The summed E-state index contributed by atoms with van der Waals surface area (Å²) >= 11 is 0. The van der Waals surface area contributed by atoms with Crippen LogP contribution in [0.3, 0.4) is 0 Å². The van der Waals surface area contributed by atoms with Gasteiger partial charge >= 0.3 is 0 Å². The molecule has 0 bridgehead atoms. The average Bonchev–Trinajstić information content (AvgIpc) is 2.82. The lowest BCUT2D eigenvalue weighted by atomic mass is 10.1. The highest BCUT2D eigenvalue weighted by molar-refractivity contribution is 7.89. The van der Waals surface area contributed by atoms with Gasteiger partial charge in [-0.15, -0.1) is 0 Å². The molecular formula is C12H23N3O3S. The number of sulfonamides is 1. The number of nitrogens with two attached hydrogens (primary N) is 1. The molecule has 0 spiro atoms. The summed E-state index contributed by atoms with van der Waals surface area (Å²) in [6.45, 7) is 5.82. The first-order valence-electron chi connectivity index (χ1n) is 6.40. The van der Waals surface area contributed by atoms with Crippen molar-refractivity contribution in [2.75, 3.05) is 19.8 Å². The molecule has 0 fully saturated rings. The van der Waals surface area contributed by atoms with Crippen LogP contribution in [0.4, 0.5) is 0 Å². The van der Waals surface area contributed by atoms with Gasteiger partial charge in [0.1, 0.15) is 0 Å². The summed E-state index contributed by atoms with van der Waals surface area (Å²) < 4.78 is 31.6. The van der Waals surface area contributed by atoms with Gasteiger partial charge in [0.15, 0.2) is 0 Å². The molecule has 6 nitrogen and oxygen atoms in total. The molecule has 0 unspecified atom stereocenters. The second-order valence-corrected chi connectivity index (χ2v) is 6.52. The average molecular weight is 289 g/mol. The predicted molar refractivity (Wildman–Crippen MR) is 74.1 cm³/mol. The summed E-state index contributed by atoms with van der Waals surface area (Å²) in [5, 5.41) is 0. The zero-order valence-corrected chi connectivity index (χ0v) is 12.3. The van der Waals surface area contributed by atoms with E-state index in [-0.39, 0.29) is 18.0 Å². The van der Waals surface area contributed by atoms with Gasteiger partial charge in [-0.1, -0.05) is 13.8 Å². The van der Waals surface area contributed by atoms with Crippen LogP contribution in [-0.4, -0.2) is 33.2 Å². The van der Waals surface area contributed by atoms with Crippen LogP contribution in [0.2, 0.25) is 0 Å². The second kappa shape index (κ2) is 7.64. The monoisotopic (exact) mass is 289 g/mol. The molecular weight excluding hydrogens is 266 g/mol. The first-order chi connectivity index (χ1) is 8.95. The first kappa shape index (κ1) is 16.2. The molecule has 7 heteroatoms. The van der Waals surface area contributed by atoms with Crippen molar-refractivity contribution >= 4 is 10.0 Å². The van der Waals surface area contributed by atoms with E-state index in [4.69, 9.17) is 10.5 Å². The molecule has 110 valence electrons. The molecule has 0 amide bonds. The number of nitrogens with one attached hydrogen (secondary N) is 2. The summed E-state index contributed by atoms with van der Waals surface area (Å²) in [6, 6.07) is 1.53. The van der Waals surface area contributed by atoms with Crippen LogP contribution >= 0.6 is 0 Å². The van der Waals surface area contributed by atoms with Crippen molar-refractivity contribution in [2.45, 2.75) is 31.7 Å². The Kier molecular flexibility index (Phi) is 6.50. The van der Waals surface area contributed by atoms with E-state index in [2.05, 4.69) is 23.6 Å². The van der Waals surface area contributed by atoms with E-state index in [0.717, 1.165) is 6.42 Å². The Hall–Kier alpha value is -0.890. The predicted octanol–water partition coefficient (Wildman–Crippen LogP) is 0.814. The summed E-state index contributed by atoms with van der Waals surface area (Å²) in [5.74, 6) is 0.589. The fourth-order valence-corrected chi connectivity index (χ4v) is 2.47. The van der Waals surface area contributed by atoms with Gasteiger partial charge in [-0.3, -0.25) is 0 Å². The number of ether oxygens (including phenoxy) is 1. The van der Waals surface area contributed by atoms with Gasteiger partial charge in [0.2, 0.25) is 10.0 Å². The Morgan fingerprint density at radius 1 is 1.42 bits per heavy atom. The molecule has 1 aromatic heterocycles. The molecule has 0 aliphatic carbocycles. The van der Waals surface area contributed by atoms with Crippen LogP contribution in [0.25, 0.3) is 0 Å². The van der Waals surface area contributed by atoms with Crippen molar-refractivity contribution in [3.63, 3.8) is 0 Å². The minimum absolute atomic E-state index is 0.204. The van der Waals surface area contributed by atoms with E-state index in [9.17, 15) is 8.42 Å². The number of aromatic nitrogens is 1. The third kappa shape index (κ3) is 5.73. The Morgan fingerprint density at radius 3 is 2.74 bits per heavy atom. The van der Waals surface area contributed by atoms with E-state index < -0.39 is 10.0 Å². The standard InChI is InChI=1S/C12H23N3O3S/c1-10(2)3-5-18-6-4-15-19(16,17)12-7-11(8-13)14-9-12/h7,9-10,14-15H,3-6,8,13H2,1-2H3. The maximum Gasteiger partial charge on any atom is 0.242 e. The van der Waals surface area contributed by atoms with Crippen LogP contribution in [0.15, 0.2) is 17.2 Å². The Balaban J connectivity index is 2.31. The fourth-order valence-electron chi connectivity index (χ4n) is 1.44. The molecule has 19 heavy (non-hydrogen) atoms. The number of H-pyrrole nitrogens is 1. The van der Waals surface area contributed by atoms with Crippen molar-refractivity contribution < 1.29 is 13.2 Å². The molecule has 0 radical (unpaired) electrons. The maximum absolute atomic E-state index is 11.9. The van der Waals surface area contributed by atoms with E-state index >= 15 is 0 Å². The van der Waals surface area contributed by atoms with Gasteiger partial charge in [-0.05, 0) is 18.4 Å². The third-order valence-electron chi connectivity index (χ3n) is 2.62. The first-order valence-corrected chi connectivity index (χ1v) is 7.89. The fraction of sp³-hybridized carbons (Fsp3) is 0.667. The number of aromatic amines is 1. The van der Waals surface area contributed by atoms with Gasteiger partial charge in [0, 0.05) is 31.6 Å². The normalized spacial score (nSPS) is 12.2. The van der Waals surface area contributed by atoms with Crippen LogP contribution in [0.1, 0.15) is 26.0 Å². The lowest BCUT2D eigenvalue weighted by Gasteiger charge is -2.07. The van der Waals surface area contributed by atoms with Crippen LogP contribution in [-0.2, 0) is 21.3 Å².